The van der Waals surface area contributed by atoms with Crippen molar-refractivity contribution in [2.45, 2.75) is 62.1 Å². The van der Waals surface area contributed by atoms with Crippen LogP contribution >= 0.6 is 15.9 Å². The topological polar surface area (TPSA) is 46.9 Å². The van der Waals surface area contributed by atoms with Crippen molar-refractivity contribution in [1.29, 1.82) is 0 Å². The van der Waals surface area contributed by atoms with Crippen LogP contribution in [0.3, 0.4) is 0 Å². The molecule has 1 aliphatic carbocycles. The number of benzene rings is 1. The van der Waals surface area contributed by atoms with Crippen molar-refractivity contribution in [3.05, 3.63) is 28.2 Å². The molecule has 2 N–H and O–H groups in total. The van der Waals surface area contributed by atoms with Crippen molar-refractivity contribution in [2.75, 3.05) is 11.9 Å². The number of piperidine rings is 4. The summed E-state index contributed by atoms with van der Waals surface area (Å²) in [6.07, 6.45) is 2.47. The van der Waals surface area contributed by atoms with E-state index >= 15 is 0 Å². The van der Waals surface area contributed by atoms with E-state index < -0.39 is 0 Å². The molecule has 1 aromatic carbocycles. The van der Waals surface area contributed by atoms with Crippen LogP contribution in [-0.4, -0.2) is 52.6 Å². The van der Waals surface area contributed by atoms with Crippen LogP contribution < -0.4 is 4.90 Å². The maximum absolute atomic E-state index is 11.7. The maximum atomic E-state index is 11.7. The first-order valence-corrected chi connectivity index (χ1v) is 10.5. The van der Waals surface area contributed by atoms with E-state index in [1.807, 2.05) is 0 Å². The molecule has 4 nitrogen and oxygen atoms in total. The number of aliphatic hydroxyl groups is 2. The van der Waals surface area contributed by atoms with E-state index in [4.69, 9.17) is 0 Å². The van der Waals surface area contributed by atoms with Crippen LogP contribution in [0.25, 0.3) is 0 Å². The Morgan fingerprint density at radius 3 is 2.84 bits per heavy atom. The van der Waals surface area contributed by atoms with E-state index in [0.717, 1.165) is 23.7 Å². The molecular formula is C20H25BrN2O2. The van der Waals surface area contributed by atoms with Gasteiger partial charge in [0.1, 0.15) is 6.23 Å². The molecule has 25 heavy (non-hydrogen) atoms. The maximum Gasteiger partial charge on any atom is 0.111 e. The fourth-order valence-electron chi connectivity index (χ4n) is 7.89. The van der Waals surface area contributed by atoms with Crippen molar-refractivity contribution in [3.8, 4) is 0 Å². The molecule has 7 rings (SSSR count). The summed E-state index contributed by atoms with van der Waals surface area (Å²) < 4.78 is 1.10. The third kappa shape index (κ3) is 1.47. The molecule has 5 heterocycles. The van der Waals surface area contributed by atoms with Crippen LogP contribution in [0.5, 0.6) is 0 Å². The standard InChI is InChI=1S/C20H25BrN2O2/c1-3-10-11-7-14-17-20(12-6-9(21)4-5-13(12)22(17)2)8-15(16(11)18(20)24)23(14)19(10)25/h4-6,10-11,14-19,24-25H,3,7-8H2,1-2H3/t10-,11?,14-,15-,16?,17-,18?,19+,20?/m0/s1. The number of anilines is 1. The Balaban J connectivity index is 1.59. The molecular weight excluding hydrogens is 380 g/mol. The van der Waals surface area contributed by atoms with E-state index in [1.54, 1.807) is 0 Å². The highest BCUT2D eigenvalue weighted by Crippen LogP contribution is 2.69. The molecule has 0 aromatic heterocycles. The molecule has 1 aromatic rings. The molecule has 1 spiro atoms. The Bertz CT molecular complexity index is 772. The minimum atomic E-state index is -0.331. The molecule has 5 bridgehead atoms. The van der Waals surface area contributed by atoms with Crippen LogP contribution in [0, 0.1) is 17.8 Å². The average Bonchev–Trinajstić information content (AvgIpc) is 2.96. The van der Waals surface area contributed by atoms with Gasteiger partial charge < -0.3 is 15.1 Å². The molecule has 0 amide bonds. The molecule has 1 saturated carbocycles. The van der Waals surface area contributed by atoms with Gasteiger partial charge in [-0.2, -0.15) is 0 Å². The van der Waals surface area contributed by atoms with Gasteiger partial charge in [-0.15, -0.1) is 0 Å². The molecule has 0 radical (unpaired) electrons. The van der Waals surface area contributed by atoms with E-state index in [9.17, 15) is 10.2 Å². The predicted molar refractivity (Wildman–Crippen MR) is 99.4 cm³/mol. The number of nitrogens with zero attached hydrogens (tertiary/aromatic N) is 2. The van der Waals surface area contributed by atoms with Crippen LogP contribution in [0.4, 0.5) is 5.69 Å². The first-order valence-electron chi connectivity index (χ1n) is 9.67. The largest absolute Gasteiger partial charge is 0.392 e. The highest BCUT2D eigenvalue weighted by atomic mass is 79.9. The number of halogens is 1. The van der Waals surface area contributed by atoms with Crippen molar-refractivity contribution < 1.29 is 10.2 Å². The Morgan fingerprint density at radius 1 is 1.28 bits per heavy atom. The van der Waals surface area contributed by atoms with Gasteiger partial charge in [0.15, 0.2) is 0 Å². The zero-order chi connectivity index (χ0) is 17.2. The summed E-state index contributed by atoms with van der Waals surface area (Å²) in [7, 11) is 2.18. The first kappa shape index (κ1) is 15.4. The van der Waals surface area contributed by atoms with Crippen LogP contribution in [0.1, 0.15) is 31.7 Å². The Labute approximate surface area is 156 Å². The monoisotopic (exact) mass is 404 g/mol. The zero-order valence-electron chi connectivity index (χ0n) is 14.6. The lowest BCUT2D eigenvalue weighted by Crippen LogP contribution is -2.72. The van der Waals surface area contributed by atoms with Crippen LogP contribution in [0.2, 0.25) is 0 Å². The molecule has 10 atom stereocenters. The second kappa shape index (κ2) is 4.61. The van der Waals surface area contributed by atoms with E-state index in [0.29, 0.717) is 29.8 Å². The van der Waals surface area contributed by atoms with Crippen molar-refractivity contribution in [1.82, 2.24) is 4.90 Å². The lowest BCUT2D eigenvalue weighted by Gasteiger charge is -2.62. The smallest absolute Gasteiger partial charge is 0.111 e. The van der Waals surface area contributed by atoms with Gasteiger partial charge in [-0.25, -0.2) is 0 Å². The Hall–Kier alpha value is -0.620. The number of hydrogen-bond donors (Lipinski definition) is 2. The van der Waals surface area contributed by atoms with Gasteiger partial charge in [0.2, 0.25) is 0 Å². The van der Waals surface area contributed by atoms with Crippen molar-refractivity contribution in [3.63, 3.8) is 0 Å². The third-order valence-corrected chi connectivity index (χ3v) is 9.01. The predicted octanol–water partition coefficient (Wildman–Crippen LogP) is 2.32. The second-order valence-corrected chi connectivity index (χ2v) is 9.87. The fourth-order valence-corrected chi connectivity index (χ4v) is 8.26. The minimum absolute atomic E-state index is 0.165. The summed E-state index contributed by atoms with van der Waals surface area (Å²) in [5.74, 6) is 1.09. The highest BCUT2D eigenvalue weighted by Gasteiger charge is 2.76. The molecule has 5 unspecified atom stereocenters. The summed E-state index contributed by atoms with van der Waals surface area (Å²) in [5.41, 5.74) is 2.42. The van der Waals surface area contributed by atoms with Gasteiger partial charge in [0, 0.05) is 46.5 Å². The first-order chi connectivity index (χ1) is 12.0. The normalized spacial score (nSPS) is 54.1. The number of likely N-dealkylation sites (N-methyl/N-ethyl adjacent to an activating group) is 1. The summed E-state index contributed by atoms with van der Waals surface area (Å²) in [6, 6.07) is 7.50. The SMILES string of the molecule is CC[C@H]1C2C[C@H]3[C@@H]4N(C)c5ccc(Br)cc5C45C[C@@H](C2C5O)N3[C@@H]1O. The van der Waals surface area contributed by atoms with Crippen LogP contribution in [0.15, 0.2) is 22.7 Å². The number of fused-ring (bicyclic) bond motifs is 2. The van der Waals surface area contributed by atoms with E-state index in [1.165, 1.54) is 11.3 Å². The summed E-state index contributed by atoms with van der Waals surface area (Å²) in [5, 5.41) is 22.7. The number of hydrogen-bond acceptors (Lipinski definition) is 4. The van der Waals surface area contributed by atoms with Gasteiger partial charge in [-0.3, -0.25) is 4.90 Å². The Morgan fingerprint density at radius 2 is 2.08 bits per heavy atom. The van der Waals surface area contributed by atoms with Crippen LogP contribution in [-0.2, 0) is 5.41 Å². The van der Waals surface area contributed by atoms with E-state index in [-0.39, 0.29) is 23.8 Å². The second-order valence-electron chi connectivity index (χ2n) is 8.95. The number of aliphatic hydroxyl groups excluding tert-OH is 2. The van der Waals surface area contributed by atoms with Gasteiger partial charge >= 0.3 is 0 Å². The lowest BCUT2D eigenvalue weighted by molar-refractivity contribution is -0.211. The average molecular weight is 405 g/mol. The summed E-state index contributed by atoms with van der Waals surface area (Å²) >= 11 is 3.65. The number of rotatable bonds is 1. The molecule has 6 aliphatic rings. The molecule has 134 valence electrons. The summed E-state index contributed by atoms with van der Waals surface area (Å²) in [6.45, 7) is 2.19. The molecule has 5 aliphatic heterocycles. The zero-order valence-corrected chi connectivity index (χ0v) is 16.2. The van der Waals surface area contributed by atoms with Gasteiger partial charge in [-0.05, 0) is 48.9 Å². The van der Waals surface area contributed by atoms with Crippen molar-refractivity contribution in [2.24, 2.45) is 17.8 Å². The molecule has 5 fully saturated rings. The molecule has 5 heteroatoms. The minimum Gasteiger partial charge on any atom is -0.392 e. The quantitative estimate of drug-likeness (QED) is 0.753. The summed E-state index contributed by atoms with van der Waals surface area (Å²) in [4.78, 5) is 4.82. The van der Waals surface area contributed by atoms with E-state index in [2.05, 4.69) is 57.9 Å². The Kier molecular flexibility index (Phi) is 2.85. The fraction of sp³-hybridized carbons (Fsp3) is 0.700. The van der Waals surface area contributed by atoms with Gasteiger partial charge in [0.25, 0.3) is 0 Å². The molecule has 4 saturated heterocycles. The lowest BCUT2D eigenvalue weighted by atomic mass is 9.62. The highest BCUT2D eigenvalue weighted by molar-refractivity contribution is 9.10. The van der Waals surface area contributed by atoms with Gasteiger partial charge in [0.05, 0.1) is 12.1 Å². The van der Waals surface area contributed by atoms with Crippen molar-refractivity contribution >= 4 is 21.6 Å². The third-order valence-electron chi connectivity index (χ3n) is 8.52. The van der Waals surface area contributed by atoms with Gasteiger partial charge in [-0.1, -0.05) is 22.9 Å².